The van der Waals surface area contributed by atoms with Crippen LogP contribution in [0.4, 0.5) is 10.7 Å². The lowest BCUT2D eigenvalue weighted by molar-refractivity contribution is 0.0607. The summed E-state index contributed by atoms with van der Waals surface area (Å²) in [4.78, 5) is 11.8. The Morgan fingerprint density at radius 1 is 1.59 bits per heavy atom. The van der Waals surface area contributed by atoms with E-state index in [1.54, 1.807) is 6.07 Å². The highest BCUT2D eigenvalue weighted by Crippen LogP contribution is 2.29. The van der Waals surface area contributed by atoms with Gasteiger partial charge in [0.25, 0.3) is 0 Å². The number of carbonyl (C=O) groups excluding carboxylic acids is 1. The molecular weight excluding hydrogens is 240 g/mol. The Morgan fingerprint density at radius 2 is 2.35 bits per heavy atom. The predicted molar refractivity (Wildman–Crippen MR) is 69.7 cm³/mol. The molecule has 1 heterocycles. The lowest BCUT2D eigenvalue weighted by atomic mass is 10.4. The summed E-state index contributed by atoms with van der Waals surface area (Å²) in [6.45, 7) is 4.23. The molecule has 0 aliphatic heterocycles. The molecule has 3 N–H and O–H groups in total. The first-order valence-electron chi connectivity index (χ1n) is 5.48. The number of thiophene rings is 1. The maximum atomic E-state index is 11.3. The fourth-order valence-corrected chi connectivity index (χ4v) is 2.20. The summed E-state index contributed by atoms with van der Waals surface area (Å²) >= 11 is 1.30. The second-order valence-corrected chi connectivity index (χ2v) is 4.42. The van der Waals surface area contributed by atoms with Crippen LogP contribution in [0.25, 0.3) is 0 Å². The van der Waals surface area contributed by atoms with Gasteiger partial charge in [-0.1, -0.05) is 0 Å². The first-order chi connectivity index (χ1) is 8.19. The molecule has 0 bridgehead atoms. The summed E-state index contributed by atoms with van der Waals surface area (Å²) < 4.78 is 9.85. The fourth-order valence-electron chi connectivity index (χ4n) is 1.27. The number of ether oxygens (including phenoxy) is 2. The van der Waals surface area contributed by atoms with Crippen molar-refractivity contribution in [1.82, 2.24) is 0 Å². The number of rotatable bonds is 7. The highest BCUT2D eigenvalue weighted by atomic mass is 32.1. The van der Waals surface area contributed by atoms with E-state index in [0.29, 0.717) is 10.6 Å². The van der Waals surface area contributed by atoms with Crippen LogP contribution in [0.1, 0.15) is 23.0 Å². The summed E-state index contributed by atoms with van der Waals surface area (Å²) in [5, 5.41) is 4.07. The summed E-state index contributed by atoms with van der Waals surface area (Å²) in [5.74, 6) is -0.394. The largest absolute Gasteiger partial charge is 0.465 e. The van der Waals surface area contributed by atoms with Crippen molar-refractivity contribution in [3.8, 4) is 0 Å². The lowest BCUT2D eigenvalue weighted by Crippen LogP contribution is -2.04. The number of hydrogen-bond donors (Lipinski definition) is 2. The summed E-state index contributed by atoms with van der Waals surface area (Å²) in [7, 11) is 1.34. The van der Waals surface area contributed by atoms with E-state index in [9.17, 15) is 4.79 Å². The van der Waals surface area contributed by atoms with E-state index in [-0.39, 0.29) is 0 Å². The standard InChI is InChI=1S/C11H18N2O3S/c1-3-16-6-4-5-13-9-7-8(12)10(17-9)11(14)15-2/h7,13H,3-6,12H2,1-2H3. The van der Waals surface area contributed by atoms with Crippen LogP contribution in [0.3, 0.4) is 0 Å². The molecule has 0 spiro atoms. The second kappa shape index (κ2) is 7.13. The molecule has 0 atom stereocenters. The highest BCUT2D eigenvalue weighted by Gasteiger charge is 2.14. The lowest BCUT2D eigenvalue weighted by Gasteiger charge is -2.03. The van der Waals surface area contributed by atoms with Crippen molar-refractivity contribution < 1.29 is 14.3 Å². The van der Waals surface area contributed by atoms with Gasteiger partial charge in [0, 0.05) is 19.8 Å². The summed E-state index contributed by atoms with van der Waals surface area (Å²) in [6, 6.07) is 1.75. The molecule has 0 radical (unpaired) electrons. The number of nitrogens with one attached hydrogen (secondary N) is 1. The van der Waals surface area contributed by atoms with Crippen molar-refractivity contribution in [2.45, 2.75) is 13.3 Å². The molecule has 0 aliphatic carbocycles. The van der Waals surface area contributed by atoms with Gasteiger partial charge < -0.3 is 20.5 Å². The monoisotopic (exact) mass is 258 g/mol. The minimum atomic E-state index is -0.394. The van der Waals surface area contributed by atoms with Gasteiger partial charge in [0.05, 0.1) is 17.8 Å². The van der Waals surface area contributed by atoms with Gasteiger partial charge in [0.2, 0.25) is 0 Å². The molecule has 17 heavy (non-hydrogen) atoms. The van der Waals surface area contributed by atoms with Crippen molar-refractivity contribution in [1.29, 1.82) is 0 Å². The van der Waals surface area contributed by atoms with Gasteiger partial charge >= 0.3 is 5.97 Å². The van der Waals surface area contributed by atoms with Crippen molar-refractivity contribution in [2.75, 3.05) is 37.9 Å². The minimum Gasteiger partial charge on any atom is -0.465 e. The maximum absolute atomic E-state index is 11.3. The van der Waals surface area contributed by atoms with Gasteiger partial charge in [0.15, 0.2) is 0 Å². The van der Waals surface area contributed by atoms with Gasteiger partial charge in [-0.15, -0.1) is 11.3 Å². The predicted octanol–water partition coefficient (Wildman–Crippen LogP) is 1.96. The Hall–Kier alpha value is -1.27. The first-order valence-corrected chi connectivity index (χ1v) is 6.30. The van der Waals surface area contributed by atoms with Gasteiger partial charge in [0.1, 0.15) is 4.88 Å². The molecule has 0 aromatic carbocycles. The zero-order valence-corrected chi connectivity index (χ0v) is 10.9. The van der Waals surface area contributed by atoms with E-state index in [2.05, 4.69) is 10.1 Å². The second-order valence-electron chi connectivity index (χ2n) is 3.36. The van der Waals surface area contributed by atoms with Crippen LogP contribution < -0.4 is 11.1 Å². The topological polar surface area (TPSA) is 73.6 Å². The van der Waals surface area contributed by atoms with Gasteiger partial charge in [-0.25, -0.2) is 4.79 Å². The third-order valence-corrected chi connectivity index (χ3v) is 3.19. The van der Waals surface area contributed by atoms with Crippen molar-refractivity contribution in [3.63, 3.8) is 0 Å². The number of nitrogen functional groups attached to an aromatic ring is 1. The summed E-state index contributed by atoms with van der Waals surface area (Å²) in [6.07, 6.45) is 0.916. The molecule has 6 heteroatoms. The van der Waals surface area contributed by atoms with Crippen molar-refractivity contribution in [2.24, 2.45) is 0 Å². The zero-order chi connectivity index (χ0) is 12.7. The van der Waals surface area contributed by atoms with Crippen LogP contribution in [-0.4, -0.2) is 32.8 Å². The van der Waals surface area contributed by atoms with E-state index < -0.39 is 5.97 Å². The average molecular weight is 258 g/mol. The van der Waals surface area contributed by atoms with Gasteiger partial charge in [-0.2, -0.15) is 0 Å². The molecule has 0 saturated carbocycles. The van der Waals surface area contributed by atoms with Crippen LogP contribution in [0, 0.1) is 0 Å². The van der Waals surface area contributed by atoms with Gasteiger partial charge in [-0.3, -0.25) is 0 Å². The Bertz CT molecular complexity index is 366. The molecule has 1 rings (SSSR count). The Kier molecular flexibility index (Phi) is 5.79. The van der Waals surface area contributed by atoms with E-state index >= 15 is 0 Å². The Labute approximate surface area is 105 Å². The molecule has 1 aromatic rings. The molecule has 96 valence electrons. The molecule has 0 unspecified atom stereocenters. The average Bonchev–Trinajstić information content (AvgIpc) is 2.69. The van der Waals surface area contributed by atoms with E-state index in [1.807, 2.05) is 6.92 Å². The number of nitrogens with two attached hydrogens (primary N) is 1. The maximum Gasteiger partial charge on any atom is 0.350 e. The first kappa shape index (κ1) is 13.8. The molecule has 0 amide bonds. The highest BCUT2D eigenvalue weighted by molar-refractivity contribution is 7.18. The molecule has 1 aromatic heterocycles. The van der Waals surface area contributed by atoms with Crippen molar-refractivity contribution >= 4 is 28.0 Å². The number of anilines is 2. The Balaban J connectivity index is 2.42. The SMILES string of the molecule is CCOCCCNc1cc(N)c(C(=O)OC)s1. The number of esters is 1. The third-order valence-electron chi connectivity index (χ3n) is 2.10. The molecule has 5 nitrogen and oxygen atoms in total. The molecule has 0 fully saturated rings. The van der Waals surface area contributed by atoms with Crippen LogP contribution in [0.15, 0.2) is 6.07 Å². The Morgan fingerprint density at radius 3 is 3.00 bits per heavy atom. The van der Waals surface area contributed by atoms with Crippen molar-refractivity contribution in [3.05, 3.63) is 10.9 Å². The third kappa shape index (κ3) is 4.24. The normalized spacial score (nSPS) is 10.2. The van der Waals surface area contributed by atoms with Crippen LogP contribution in [0.2, 0.25) is 0 Å². The van der Waals surface area contributed by atoms with Crippen LogP contribution >= 0.6 is 11.3 Å². The van der Waals surface area contributed by atoms with E-state index in [4.69, 9.17) is 10.5 Å². The quantitative estimate of drug-likeness (QED) is 0.577. The van der Waals surface area contributed by atoms with Crippen LogP contribution in [0.5, 0.6) is 0 Å². The number of hydrogen-bond acceptors (Lipinski definition) is 6. The zero-order valence-electron chi connectivity index (χ0n) is 10.1. The minimum absolute atomic E-state index is 0.394. The molecular formula is C11H18N2O3S. The summed E-state index contributed by atoms with van der Waals surface area (Å²) in [5.41, 5.74) is 6.17. The molecule has 0 aliphatic rings. The molecule has 0 saturated heterocycles. The van der Waals surface area contributed by atoms with Crippen LogP contribution in [-0.2, 0) is 9.47 Å². The van der Waals surface area contributed by atoms with E-state index in [0.717, 1.165) is 31.2 Å². The number of carbonyl (C=O) groups is 1. The smallest absolute Gasteiger partial charge is 0.350 e. The fraction of sp³-hybridized carbons (Fsp3) is 0.545. The van der Waals surface area contributed by atoms with E-state index in [1.165, 1.54) is 18.4 Å². The number of methoxy groups -OCH3 is 1. The van der Waals surface area contributed by atoms with Gasteiger partial charge in [-0.05, 0) is 19.4 Å².